The highest BCUT2D eigenvalue weighted by molar-refractivity contribution is 5.92. The Kier molecular flexibility index (Phi) is 4.31. The number of aromatic nitrogens is 2. The number of carbonyl (C=O) groups excluding carboxylic acids is 1. The molecule has 2 rings (SSSR count). The Morgan fingerprint density at radius 1 is 1.45 bits per heavy atom. The molecule has 1 amide bonds. The standard InChI is InChI=1S/C14H15N3O5/c1-8(2)22-14(21)15-5-6-17-11-7-9(12(18)19)3-4-10(11)16-13(17)20/h3-4,7H,1,5-6H2,2H3,(H,15,21)(H,16,20)(H,18,19). The van der Waals surface area contributed by atoms with Crippen molar-refractivity contribution in [3.63, 3.8) is 0 Å². The van der Waals surface area contributed by atoms with Gasteiger partial charge in [0.25, 0.3) is 0 Å². The van der Waals surface area contributed by atoms with E-state index in [9.17, 15) is 14.4 Å². The number of ether oxygens (including phenoxy) is 1. The summed E-state index contributed by atoms with van der Waals surface area (Å²) in [6.07, 6.45) is -0.661. The van der Waals surface area contributed by atoms with Gasteiger partial charge in [0.2, 0.25) is 0 Å². The van der Waals surface area contributed by atoms with Crippen LogP contribution in [0.1, 0.15) is 17.3 Å². The van der Waals surface area contributed by atoms with Gasteiger partial charge in [-0.1, -0.05) is 6.58 Å². The molecular weight excluding hydrogens is 290 g/mol. The lowest BCUT2D eigenvalue weighted by molar-refractivity contribution is 0.0697. The number of H-pyrrole nitrogens is 1. The first kappa shape index (κ1) is 15.4. The number of amides is 1. The minimum Gasteiger partial charge on any atom is -0.478 e. The molecule has 3 N–H and O–H groups in total. The summed E-state index contributed by atoms with van der Waals surface area (Å²) in [4.78, 5) is 36.8. The molecule has 0 bridgehead atoms. The summed E-state index contributed by atoms with van der Waals surface area (Å²) in [5.41, 5.74) is 0.682. The summed E-state index contributed by atoms with van der Waals surface area (Å²) < 4.78 is 6.07. The quantitative estimate of drug-likeness (QED) is 0.720. The number of alkyl carbamates (subject to hydrolysis) is 1. The van der Waals surface area contributed by atoms with Crippen LogP contribution in [0.15, 0.2) is 35.3 Å². The van der Waals surface area contributed by atoms with E-state index in [0.717, 1.165) is 0 Å². The molecule has 1 heterocycles. The Hall–Kier alpha value is -3.03. The van der Waals surface area contributed by atoms with Gasteiger partial charge in [-0.3, -0.25) is 4.57 Å². The zero-order chi connectivity index (χ0) is 16.3. The average Bonchev–Trinajstić information content (AvgIpc) is 2.73. The minimum absolute atomic E-state index is 0.0786. The lowest BCUT2D eigenvalue weighted by Crippen LogP contribution is -2.30. The van der Waals surface area contributed by atoms with Gasteiger partial charge in [-0.2, -0.15) is 0 Å². The van der Waals surface area contributed by atoms with Crippen LogP contribution in [0.2, 0.25) is 0 Å². The van der Waals surface area contributed by atoms with Gasteiger partial charge in [0.05, 0.1) is 22.4 Å². The van der Waals surface area contributed by atoms with Crippen molar-refractivity contribution in [2.24, 2.45) is 0 Å². The third-order valence-electron chi connectivity index (χ3n) is 2.89. The zero-order valence-corrected chi connectivity index (χ0v) is 11.9. The predicted octanol–water partition coefficient (Wildman–Crippen LogP) is 1.29. The Balaban J connectivity index is 2.16. The van der Waals surface area contributed by atoms with E-state index in [-0.39, 0.29) is 30.1 Å². The van der Waals surface area contributed by atoms with Crippen molar-refractivity contribution in [3.8, 4) is 0 Å². The van der Waals surface area contributed by atoms with E-state index in [1.165, 1.54) is 29.7 Å². The summed E-state index contributed by atoms with van der Waals surface area (Å²) in [7, 11) is 0. The molecule has 0 aliphatic carbocycles. The third-order valence-corrected chi connectivity index (χ3v) is 2.89. The summed E-state index contributed by atoms with van der Waals surface area (Å²) in [6, 6.07) is 4.34. The highest BCUT2D eigenvalue weighted by Gasteiger charge is 2.11. The lowest BCUT2D eigenvalue weighted by Gasteiger charge is -2.07. The minimum atomic E-state index is -1.08. The molecule has 0 atom stereocenters. The number of fused-ring (bicyclic) bond motifs is 1. The van der Waals surface area contributed by atoms with Gasteiger partial charge in [-0.05, 0) is 25.1 Å². The van der Waals surface area contributed by atoms with Crippen LogP contribution in [0.5, 0.6) is 0 Å². The van der Waals surface area contributed by atoms with Gasteiger partial charge in [0.15, 0.2) is 0 Å². The maximum atomic E-state index is 11.9. The monoisotopic (exact) mass is 305 g/mol. The third kappa shape index (κ3) is 3.35. The zero-order valence-electron chi connectivity index (χ0n) is 11.9. The fourth-order valence-electron chi connectivity index (χ4n) is 1.97. The van der Waals surface area contributed by atoms with Gasteiger partial charge in [0, 0.05) is 13.1 Å². The van der Waals surface area contributed by atoms with E-state index < -0.39 is 12.1 Å². The number of hydrogen-bond acceptors (Lipinski definition) is 4. The molecule has 0 aliphatic rings. The van der Waals surface area contributed by atoms with E-state index in [2.05, 4.69) is 16.9 Å². The molecule has 1 aromatic heterocycles. The Labute approximate surface area is 125 Å². The summed E-state index contributed by atoms with van der Waals surface area (Å²) in [5, 5.41) is 11.5. The number of carbonyl (C=O) groups is 2. The first-order valence-electron chi connectivity index (χ1n) is 6.45. The molecule has 1 aromatic carbocycles. The number of imidazole rings is 1. The molecule has 0 fully saturated rings. The largest absolute Gasteiger partial charge is 0.478 e. The van der Waals surface area contributed by atoms with Gasteiger partial charge in [-0.25, -0.2) is 14.4 Å². The molecule has 22 heavy (non-hydrogen) atoms. The number of rotatable bonds is 5. The normalized spacial score (nSPS) is 10.4. The number of nitrogens with zero attached hydrogens (tertiary/aromatic N) is 1. The summed E-state index contributed by atoms with van der Waals surface area (Å²) in [6.45, 7) is 5.30. The number of hydrogen-bond donors (Lipinski definition) is 3. The second-order valence-electron chi connectivity index (χ2n) is 4.64. The molecule has 0 unspecified atom stereocenters. The van der Waals surface area contributed by atoms with Gasteiger partial charge >= 0.3 is 17.8 Å². The van der Waals surface area contributed by atoms with E-state index in [1.807, 2.05) is 0 Å². The second kappa shape index (κ2) is 6.17. The SMILES string of the molecule is C=C(C)OC(=O)NCCn1c(=O)[nH]c2ccc(C(=O)O)cc21. The number of carboxylic acid groups (broad SMARTS) is 1. The number of allylic oxidation sites excluding steroid dienone is 1. The van der Waals surface area contributed by atoms with Crippen LogP contribution >= 0.6 is 0 Å². The Morgan fingerprint density at radius 2 is 2.18 bits per heavy atom. The number of nitrogens with one attached hydrogen (secondary N) is 2. The van der Waals surface area contributed by atoms with Crippen LogP contribution in [0.4, 0.5) is 4.79 Å². The van der Waals surface area contributed by atoms with E-state index >= 15 is 0 Å². The molecular formula is C14H15N3O5. The molecule has 116 valence electrons. The number of aromatic amines is 1. The van der Waals surface area contributed by atoms with E-state index in [4.69, 9.17) is 9.84 Å². The molecule has 0 saturated carbocycles. The van der Waals surface area contributed by atoms with Crippen LogP contribution in [0, 0.1) is 0 Å². The summed E-state index contributed by atoms with van der Waals surface area (Å²) >= 11 is 0. The second-order valence-corrected chi connectivity index (χ2v) is 4.64. The van der Waals surface area contributed by atoms with Crippen LogP contribution in [0.25, 0.3) is 11.0 Å². The number of carboxylic acids is 1. The molecule has 0 radical (unpaired) electrons. The van der Waals surface area contributed by atoms with Gasteiger partial charge in [-0.15, -0.1) is 0 Å². The molecule has 0 spiro atoms. The molecule has 8 nitrogen and oxygen atoms in total. The fourth-order valence-corrected chi connectivity index (χ4v) is 1.97. The molecule has 0 saturated heterocycles. The maximum absolute atomic E-state index is 11.9. The Morgan fingerprint density at radius 3 is 2.82 bits per heavy atom. The van der Waals surface area contributed by atoms with Gasteiger partial charge in [0.1, 0.15) is 0 Å². The highest BCUT2D eigenvalue weighted by atomic mass is 16.6. The van der Waals surface area contributed by atoms with Crippen LogP contribution in [-0.2, 0) is 11.3 Å². The highest BCUT2D eigenvalue weighted by Crippen LogP contribution is 2.12. The topological polar surface area (TPSA) is 113 Å². The van der Waals surface area contributed by atoms with Crippen molar-refractivity contribution in [1.29, 1.82) is 0 Å². The van der Waals surface area contributed by atoms with E-state index in [0.29, 0.717) is 11.0 Å². The van der Waals surface area contributed by atoms with Gasteiger partial charge < -0.3 is 20.1 Å². The number of aromatic carboxylic acids is 1. The smallest absolute Gasteiger partial charge is 0.412 e. The molecule has 0 aliphatic heterocycles. The lowest BCUT2D eigenvalue weighted by atomic mass is 10.2. The predicted molar refractivity (Wildman–Crippen MR) is 78.8 cm³/mol. The van der Waals surface area contributed by atoms with Crippen molar-refractivity contribution >= 4 is 23.1 Å². The van der Waals surface area contributed by atoms with Crippen LogP contribution in [0.3, 0.4) is 0 Å². The van der Waals surface area contributed by atoms with Crippen molar-refractivity contribution in [2.45, 2.75) is 13.5 Å². The first-order valence-corrected chi connectivity index (χ1v) is 6.45. The van der Waals surface area contributed by atoms with Crippen molar-refractivity contribution < 1.29 is 19.4 Å². The summed E-state index contributed by atoms with van der Waals surface area (Å²) in [5.74, 6) is -0.821. The number of benzene rings is 1. The van der Waals surface area contributed by atoms with Crippen molar-refractivity contribution in [1.82, 2.24) is 14.9 Å². The first-order chi connectivity index (χ1) is 10.4. The maximum Gasteiger partial charge on any atom is 0.412 e. The van der Waals surface area contributed by atoms with Crippen molar-refractivity contribution in [3.05, 3.63) is 46.6 Å². The van der Waals surface area contributed by atoms with Crippen LogP contribution < -0.4 is 11.0 Å². The fraction of sp³-hybridized carbons (Fsp3) is 0.214. The molecule has 8 heteroatoms. The van der Waals surface area contributed by atoms with E-state index in [1.54, 1.807) is 0 Å². The molecule has 2 aromatic rings. The average molecular weight is 305 g/mol. The van der Waals surface area contributed by atoms with Crippen LogP contribution in [-0.4, -0.2) is 33.3 Å². The van der Waals surface area contributed by atoms with Crippen molar-refractivity contribution in [2.75, 3.05) is 6.54 Å². The Bertz CT molecular complexity index is 802.